The zero-order valence-electron chi connectivity index (χ0n) is 24.3. The van der Waals surface area contributed by atoms with Crippen molar-refractivity contribution >= 4 is 11.9 Å². The van der Waals surface area contributed by atoms with E-state index in [1.165, 1.54) is 21.6 Å². The van der Waals surface area contributed by atoms with Gasteiger partial charge in [0.15, 0.2) is 0 Å². The van der Waals surface area contributed by atoms with E-state index in [1.54, 1.807) is 6.07 Å². The highest BCUT2D eigenvalue weighted by molar-refractivity contribution is 5.96. The summed E-state index contributed by atoms with van der Waals surface area (Å²) in [7, 11) is 0. The van der Waals surface area contributed by atoms with Crippen molar-refractivity contribution in [1.29, 1.82) is 0 Å². The second kappa shape index (κ2) is 10.5. The van der Waals surface area contributed by atoms with Crippen LogP contribution in [0.4, 0.5) is 0 Å². The molecule has 0 bridgehead atoms. The smallest absolute Gasteiger partial charge is 0.323 e. The van der Waals surface area contributed by atoms with Gasteiger partial charge in [-0.3, -0.25) is 9.59 Å². The largest absolute Gasteiger partial charge is 0.487 e. The predicted octanol–water partition coefficient (Wildman–Crippen LogP) is 6.94. The summed E-state index contributed by atoms with van der Waals surface area (Å²) >= 11 is 0. The highest BCUT2D eigenvalue weighted by atomic mass is 16.5. The summed E-state index contributed by atoms with van der Waals surface area (Å²) in [5.74, 6) is -0.557. The van der Waals surface area contributed by atoms with Crippen LogP contribution in [-0.2, 0) is 35.0 Å². The first-order valence-corrected chi connectivity index (χ1v) is 13.6. The van der Waals surface area contributed by atoms with Crippen molar-refractivity contribution < 1.29 is 19.4 Å². The minimum absolute atomic E-state index is 0.0198. The standard InChI is InChI=1S/C34H41NO4/c1-32(2,3)27-13-8-23(9-14-27)19-34(7)20-26-18-25(12-17-29(26)39-34)31(38)35(22-30(36)37)21-24-10-15-28(16-11-24)33(4,5)6/h8-18H,19-22H2,1-7H3,(H,36,37)/t34-/m0/s1. The number of benzene rings is 3. The molecule has 3 aromatic rings. The van der Waals surface area contributed by atoms with Gasteiger partial charge in [-0.05, 0) is 63.8 Å². The van der Waals surface area contributed by atoms with E-state index < -0.39 is 11.6 Å². The summed E-state index contributed by atoms with van der Waals surface area (Å²) < 4.78 is 6.37. The maximum absolute atomic E-state index is 13.5. The Labute approximate surface area is 232 Å². The average molecular weight is 528 g/mol. The Kier molecular flexibility index (Phi) is 7.66. The monoisotopic (exact) mass is 527 g/mol. The van der Waals surface area contributed by atoms with E-state index in [-0.39, 0.29) is 29.8 Å². The number of ether oxygens (including phenoxy) is 1. The third kappa shape index (κ3) is 6.89. The first-order chi connectivity index (χ1) is 18.1. The first kappa shape index (κ1) is 28.4. The van der Waals surface area contributed by atoms with Crippen LogP contribution in [0.3, 0.4) is 0 Å². The molecule has 1 heterocycles. The van der Waals surface area contributed by atoms with Gasteiger partial charge in [0.2, 0.25) is 0 Å². The molecular formula is C34H41NO4. The second-order valence-corrected chi connectivity index (χ2v) is 13.2. The topological polar surface area (TPSA) is 66.8 Å². The van der Waals surface area contributed by atoms with E-state index in [2.05, 4.69) is 72.7 Å². The zero-order chi connectivity index (χ0) is 28.6. The molecule has 1 atom stereocenters. The molecule has 0 aliphatic carbocycles. The minimum atomic E-state index is -1.04. The van der Waals surface area contributed by atoms with Crippen LogP contribution in [-0.4, -0.2) is 34.0 Å². The Morgan fingerprint density at radius 3 is 1.90 bits per heavy atom. The van der Waals surface area contributed by atoms with Crippen molar-refractivity contribution in [1.82, 2.24) is 4.90 Å². The molecule has 206 valence electrons. The van der Waals surface area contributed by atoms with Crippen molar-refractivity contribution in [3.8, 4) is 5.75 Å². The van der Waals surface area contributed by atoms with Gasteiger partial charge in [-0.1, -0.05) is 90.1 Å². The molecule has 3 aromatic carbocycles. The Morgan fingerprint density at radius 2 is 1.38 bits per heavy atom. The van der Waals surface area contributed by atoms with Crippen LogP contribution in [0.5, 0.6) is 5.75 Å². The summed E-state index contributed by atoms with van der Waals surface area (Å²) in [5.41, 5.74) is 5.75. The number of carbonyl (C=O) groups is 2. The van der Waals surface area contributed by atoms with Crippen LogP contribution >= 0.6 is 0 Å². The first-order valence-electron chi connectivity index (χ1n) is 13.6. The van der Waals surface area contributed by atoms with Gasteiger partial charge >= 0.3 is 5.97 Å². The van der Waals surface area contributed by atoms with Gasteiger partial charge in [0.05, 0.1) is 0 Å². The SMILES string of the molecule is CC(C)(C)c1ccc(CN(CC(=O)O)C(=O)c2ccc3c(c2)C[C@](C)(Cc2ccc(C(C)(C)C)cc2)O3)cc1. The Hall–Kier alpha value is -3.60. The van der Waals surface area contributed by atoms with E-state index in [1.807, 2.05) is 36.4 Å². The Morgan fingerprint density at radius 1 is 0.846 bits per heavy atom. The molecule has 1 aliphatic heterocycles. The quantitative estimate of drug-likeness (QED) is 0.361. The molecule has 1 N–H and O–H groups in total. The zero-order valence-corrected chi connectivity index (χ0v) is 24.3. The number of aliphatic carboxylic acids is 1. The molecule has 5 nitrogen and oxygen atoms in total. The third-order valence-electron chi connectivity index (χ3n) is 7.43. The van der Waals surface area contributed by atoms with Crippen LogP contribution in [0.15, 0.2) is 66.7 Å². The van der Waals surface area contributed by atoms with Gasteiger partial charge in [-0.15, -0.1) is 0 Å². The van der Waals surface area contributed by atoms with E-state index in [4.69, 9.17) is 4.74 Å². The maximum Gasteiger partial charge on any atom is 0.323 e. The third-order valence-corrected chi connectivity index (χ3v) is 7.43. The van der Waals surface area contributed by atoms with Crippen molar-refractivity contribution in [2.75, 3.05) is 6.54 Å². The van der Waals surface area contributed by atoms with Gasteiger partial charge in [0, 0.05) is 24.9 Å². The summed E-state index contributed by atoms with van der Waals surface area (Å²) in [6, 6.07) is 22.2. The van der Waals surface area contributed by atoms with Crippen molar-refractivity contribution in [2.45, 2.75) is 84.3 Å². The molecule has 4 rings (SSSR count). The Balaban J connectivity index is 1.49. The normalized spacial score (nSPS) is 16.9. The number of hydrogen-bond donors (Lipinski definition) is 1. The lowest BCUT2D eigenvalue weighted by atomic mass is 9.85. The molecule has 5 heteroatoms. The molecule has 1 aliphatic rings. The average Bonchev–Trinajstić information content (AvgIpc) is 3.17. The van der Waals surface area contributed by atoms with Gasteiger partial charge in [0.25, 0.3) is 5.91 Å². The summed E-state index contributed by atoms with van der Waals surface area (Å²) in [4.78, 5) is 26.5. The summed E-state index contributed by atoms with van der Waals surface area (Å²) in [6.45, 7) is 15.0. The number of hydrogen-bond acceptors (Lipinski definition) is 3. The summed E-state index contributed by atoms with van der Waals surface area (Å²) in [6.07, 6.45) is 1.43. The van der Waals surface area contributed by atoms with Crippen molar-refractivity contribution in [3.05, 3.63) is 100 Å². The number of fused-ring (bicyclic) bond motifs is 1. The van der Waals surface area contributed by atoms with Gasteiger partial charge in [-0.2, -0.15) is 0 Å². The van der Waals surface area contributed by atoms with Gasteiger partial charge in [0.1, 0.15) is 17.9 Å². The highest BCUT2D eigenvalue weighted by Gasteiger charge is 2.36. The fourth-order valence-corrected chi connectivity index (χ4v) is 5.18. The molecule has 0 saturated heterocycles. The molecule has 0 aromatic heterocycles. The van der Waals surface area contributed by atoms with Crippen LogP contribution in [0.2, 0.25) is 0 Å². The summed E-state index contributed by atoms with van der Waals surface area (Å²) in [5, 5.41) is 9.52. The van der Waals surface area contributed by atoms with Crippen molar-refractivity contribution in [2.24, 2.45) is 0 Å². The fourth-order valence-electron chi connectivity index (χ4n) is 5.18. The number of nitrogens with zero attached hydrogens (tertiary/aromatic N) is 1. The van der Waals surface area contributed by atoms with E-state index in [0.29, 0.717) is 12.0 Å². The lowest BCUT2D eigenvalue weighted by molar-refractivity contribution is -0.137. The number of rotatable bonds is 7. The van der Waals surface area contributed by atoms with Gasteiger partial charge < -0.3 is 14.7 Å². The number of carbonyl (C=O) groups excluding carboxylic acids is 1. The van der Waals surface area contributed by atoms with Crippen LogP contribution < -0.4 is 4.74 Å². The number of carboxylic acid groups (broad SMARTS) is 1. The highest BCUT2D eigenvalue weighted by Crippen LogP contribution is 2.38. The van der Waals surface area contributed by atoms with Gasteiger partial charge in [-0.25, -0.2) is 0 Å². The number of carboxylic acids is 1. The van der Waals surface area contributed by atoms with E-state index in [9.17, 15) is 14.7 Å². The van der Waals surface area contributed by atoms with Crippen LogP contribution in [0.1, 0.15) is 86.6 Å². The molecule has 0 radical (unpaired) electrons. The molecule has 1 amide bonds. The van der Waals surface area contributed by atoms with E-state index in [0.717, 1.165) is 23.3 Å². The molecular weight excluding hydrogens is 486 g/mol. The van der Waals surface area contributed by atoms with E-state index >= 15 is 0 Å². The number of amides is 1. The molecule has 0 fully saturated rings. The maximum atomic E-state index is 13.5. The molecule has 0 spiro atoms. The predicted molar refractivity (Wildman–Crippen MR) is 156 cm³/mol. The Bertz CT molecular complexity index is 1340. The van der Waals surface area contributed by atoms with Crippen molar-refractivity contribution in [3.63, 3.8) is 0 Å². The molecule has 39 heavy (non-hydrogen) atoms. The molecule has 0 unspecified atom stereocenters. The minimum Gasteiger partial charge on any atom is -0.487 e. The molecule has 0 saturated carbocycles. The fraction of sp³-hybridized carbons (Fsp3) is 0.412. The second-order valence-electron chi connectivity index (χ2n) is 13.2. The van der Waals surface area contributed by atoms with Crippen LogP contribution in [0.25, 0.3) is 0 Å². The lowest BCUT2D eigenvalue weighted by Gasteiger charge is -2.25. The lowest BCUT2D eigenvalue weighted by Crippen LogP contribution is -2.35. The van der Waals surface area contributed by atoms with Crippen LogP contribution in [0, 0.1) is 0 Å².